The number of hydrogen-bond donors (Lipinski definition) is 3. The molecule has 0 fully saturated rings. The van der Waals surface area contributed by atoms with Crippen LogP contribution in [0.1, 0.15) is 10.4 Å². The van der Waals surface area contributed by atoms with Crippen molar-refractivity contribution in [3.63, 3.8) is 0 Å². The fourth-order valence-corrected chi connectivity index (χ4v) is 1.79. The predicted molar refractivity (Wildman–Crippen MR) is 75.1 cm³/mol. The molecule has 0 aliphatic rings. The van der Waals surface area contributed by atoms with E-state index in [-0.39, 0.29) is 22.8 Å². The third-order valence-electron chi connectivity index (χ3n) is 2.54. The van der Waals surface area contributed by atoms with Crippen molar-refractivity contribution in [2.45, 2.75) is 4.90 Å². The van der Waals surface area contributed by atoms with Crippen LogP contribution in [0, 0.1) is 10.1 Å². The van der Waals surface area contributed by atoms with Crippen molar-refractivity contribution in [3.05, 3.63) is 52.1 Å². The highest BCUT2D eigenvalue weighted by Crippen LogP contribution is 2.31. The van der Waals surface area contributed by atoms with Crippen molar-refractivity contribution >= 4 is 24.3 Å². The molecule has 2 aromatic rings. The molecule has 0 atom stereocenters. The number of nitro groups is 1. The Kier molecular flexibility index (Phi) is 3.99. The van der Waals surface area contributed by atoms with Crippen molar-refractivity contribution in [2.24, 2.45) is 0 Å². The van der Waals surface area contributed by atoms with E-state index >= 15 is 0 Å². The largest absolute Gasteiger partial charge is 0.508 e. The van der Waals surface area contributed by atoms with E-state index in [1.807, 2.05) is 0 Å². The highest BCUT2D eigenvalue weighted by atomic mass is 32.1. The molecular weight excluding hydrogens is 298 g/mol. The van der Waals surface area contributed by atoms with Crippen LogP contribution >= 0.6 is 12.6 Å². The number of carbonyl (C=O) groups excluding carboxylic acids is 1. The van der Waals surface area contributed by atoms with Crippen LogP contribution < -0.4 is 4.74 Å². The van der Waals surface area contributed by atoms with E-state index in [9.17, 15) is 25.1 Å². The van der Waals surface area contributed by atoms with E-state index in [0.29, 0.717) is 4.90 Å². The lowest BCUT2D eigenvalue weighted by atomic mass is 10.2. The molecular formula is C13H9NO6S. The summed E-state index contributed by atoms with van der Waals surface area (Å²) in [5, 5.41) is 29.7. The molecule has 8 heteroatoms. The number of phenols is 2. The molecule has 0 heterocycles. The number of benzene rings is 2. The van der Waals surface area contributed by atoms with E-state index < -0.39 is 16.6 Å². The van der Waals surface area contributed by atoms with Gasteiger partial charge in [-0.1, -0.05) is 0 Å². The molecule has 7 nitrogen and oxygen atoms in total. The average Bonchev–Trinajstić information content (AvgIpc) is 2.42. The Morgan fingerprint density at radius 2 is 1.90 bits per heavy atom. The lowest BCUT2D eigenvalue weighted by Crippen LogP contribution is -2.11. The molecule has 0 aliphatic heterocycles. The van der Waals surface area contributed by atoms with E-state index in [1.165, 1.54) is 18.2 Å². The number of nitrogens with zero attached hydrogens (tertiary/aromatic N) is 1. The number of aromatic hydroxyl groups is 2. The zero-order chi connectivity index (χ0) is 15.6. The van der Waals surface area contributed by atoms with Crippen LogP contribution in [0.2, 0.25) is 0 Å². The normalized spacial score (nSPS) is 10.1. The zero-order valence-electron chi connectivity index (χ0n) is 10.4. The van der Waals surface area contributed by atoms with Gasteiger partial charge in [-0.2, -0.15) is 0 Å². The van der Waals surface area contributed by atoms with Gasteiger partial charge in [-0.3, -0.25) is 10.1 Å². The molecule has 0 saturated carbocycles. The summed E-state index contributed by atoms with van der Waals surface area (Å²) in [4.78, 5) is 22.5. The number of ether oxygens (including phenoxy) is 1. The molecule has 0 saturated heterocycles. The van der Waals surface area contributed by atoms with Crippen LogP contribution in [0.4, 0.5) is 5.69 Å². The van der Waals surface area contributed by atoms with Gasteiger partial charge in [0.15, 0.2) is 11.5 Å². The monoisotopic (exact) mass is 307 g/mol. The summed E-state index contributed by atoms with van der Waals surface area (Å²) >= 11 is 4.01. The van der Waals surface area contributed by atoms with Gasteiger partial charge >= 0.3 is 5.97 Å². The van der Waals surface area contributed by atoms with Gasteiger partial charge in [-0.15, -0.1) is 12.6 Å². The first kappa shape index (κ1) is 14.7. The van der Waals surface area contributed by atoms with Gasteiger partial charge in [-0.25, -0.2) is 4.79 Å². The first-order valence-corrected chi connectivity index (χ1v) is 6.05. The maximum absolute atomic E-state index is 12.0. The molecule has 0 aromatic heterocycles. The zero-order valence-corrected chi connectivity index (χ0v) is 11.3. The number of rotatable bonds is 3. The lowest BCUT2D eigenvalue weighted by molar-refractivity contribution is -0.385. The molecule has 0 spiro atoms. The molecule has 2 aromatic carbocycles. The topological polar surface area (TPSA) is 110 Å². The van der Waals surface area contributed by atoms with Crippen LogP contribution in [0.25, 0.3) is 0 Å². The van der Waals surface area contributed by atoms with Crippen molar-refractivity contribution in [3.8, 4) is 17.2 Å². The highest BCUT2D eigenvalue weighted by molar-refractivity contribution is 7.80. The molecule has 0 bridgehead atoms. The number of nitro benzene ring substituents is 1. The summed E-state index contributed by atoms with van der Waals surface area (Å²) in [6.45, 7) is 0. The van der Waals surface area contributed by atoms with E-state index in [4.69, 9.17) is 4.74 Å². The number of esters is 1. The Bertz CT molecular complexity index is 731. The van der Waals surface area contributed by atoms with E-state index in [2.05, 4.69) is 12.6 Å². The minimum Gasteiger partial charge on any atom is -0.508 e. The molecule has 2 rings (SSSR count). The van der Waals surface area contributed by atoms with E-state index in [1.54, 1.807) is 0 Å². The molecule has 0 radical (unpaired) electrons. The van der Waals surface area contributed by atoms with E-state index in [0.717, 1.165) is 18.2 Å². The second-order valence-corrected chi connectivity index (χ2v) is 4.52. The molecule has 0 amide bonds. The first-order valence-electron chi connectivity index (χ1n) is 5.60. The van der Waals surface area contributed by atoms with Crippen molar-refractivity contribution < 1.29 is 24.7 Å². The van der Waals surface area contributed by atoms with Gasteiger partial charge in [0, 0.05) is 17.0 Å². The fourth-order valence-electron chi connectivity index (χ4n) is 1.59. The van der Waals surface area contributed by atoms with Crippen molar-refractivity contribution in [2.75, 3.05) is 0 Å². The van der Waals surface area contributed by atoms with Crippen LogP contribution in [-0.4, -0.2) is 21.1 Å². The summed E-state index contributed by atoms with van der Waals surface area (Å²) in [7, 11) is 0. The fraction of sp³-hybridized carbons (Fsp3) is 0. The Balaban J connectivity index is 2.39. The molecule has 21 heavy (non-hydrogen) atoms. The molecule has 0 aliphatic carbocycles. The number of hydrogen-bond acceptors (Lipinski definition) is 7. The van der Waals surface area contributed by atoms with Crippen LogP contribution in [0.5, 0.6) is 17.2 Å². The number of phenolic OH excluding ortho intramolecular Hbond substituents is 2. The summed E-state index contributed by atoms with van der Waals surface area (Å²) in [5.74, 6) is -1.96. The second kappa shape index (κ2) is 5.71. The number of thiol groups is 1. The molecule has 0 unspecified atom stereocenters. The Morgan fingerprint density at radius 1 is 1.19 bits per heavy atom. The van der Waals surface area contributed by atoms with Gasteiger partial charge in [0.25, 0.3) is 5.69 Å². The summed E-state index contributed by atoms with van der Waals surface area (Å²) < 4.78 is 4.87. The summed E-state index contributed by atoms with van der Waals surface area (Å²) in [6, 6.07) is 7.02. The first-order chi connectivity index (χ1) is 9.88. The average molecular weight is 307 g/mol. The summed E-state index contributed by atoms with van der Waals surface area (Å²) in [5.41, 5.74) is -0.757. The van der Waals surface area contributed by atoms with Crippen LogP contribution in [0.15, 0.2) is 41.3 Å². The maximum Gasteiger partial charge on any atom is 0.350 e. The van der Waals surface area contributed by atoms with Crippen molar-refractivity contribution in [1.82, 2.24) is 0 Å². The molecule has 2 N–H and O–H groups in total. The Morgan fingerprint density at radius 3 is 2.57 bits per heavy atom. The quantitative estimate of drug-likeness (QED) is 0.201. The van der Waals surface area contributed by atoms with Crippen LogP contribution in [-0.2, 0) is 0 Å². The Labute approximate surface area is 124 Å². The highest BCUT2D eigenvalue weighted by Gasteiger charge is 2.23. The smallest absolute Gasteiger partial charge is 0.350 e. The maximum atomic E-state index is 12.0. The predicted octanol–water partition coefficient (Wildman–Crippen LogP) is 2.51. The van der Waals surface area contributed by atoms with Gasteiger partial charge in [-0.05, 0) is 24.3 Å². The number of carbonyl (C=O) groups is 1. The van der Waals surface area contributed by atoms with Gasteiger partial charge < -0.3 is 14.9 Å². The third kappa shape index (κ3) is 3.23. The van der Waals surface area contributed by atoms with Crippen LogP contribution in [0.3, 0.4) is 0 Å². The summed E-state index contributed by atoms with van der Waals surface area (Å²) in [6.07, 6.45) is 0. The third-order valence-corrected chi connectivity index (χ3v) is 2.82. The minimum atomic E-state index is -1.04. The standard InChI is InChI=1S/C13H9NO6S/c15-7-1-4-11(16)12(5-7)20-13(17)9-6-8(21)2-3-10(9)14(18)19/h1-6,15-16,21H. The molecule has 108 valence electrons. The lowest BCUT2D eigenvalue weighted by Gasteiger charge is -2.07. The SMILES string of the molecule is O=C(Oc1cc(O)ccc1O)c1cc(S)ccc1[N+](=O)[O-]. The van der Waals surface area contributed by atoms with Gasteiger partial charge in [0.05, 0.1) is 4.92 Å². The van der Waals surface area contributed by atoms with Gasteiger partial charge in [0.1, 0.15) is 11.3 Å². The minimum absolute atomic E-state index is 0.229. The second-order valence-electron chi connectivity index (χ2n) is 4.00. The van der Waals surface area contributed by atoms with Crippen molar-refractivity contribution in [1.29, 1.82) is 0 Å². The Hall–Kier alpha value is -2.74. The van der Waals surface area contributed by atoms with Gasteiger partial charge in [0.2, 0.25) is 0 Å².